The summed E-state index contributed by atoms with van der Waals surface area (Å²) in [6.07, 6.45) is 3.92. The van der Waals surface area contributed by atoms with Crippen molar-refractivity contribution in [3.8, 4) is 0 Å². The Labute approximate surface area is 80.6 Å². The van der Waals surface area contributed by atoms with Gasteiger partial charge >= 0.3 is 0 Å². The molecule has 0 saturated carbocycles. The van der Waals surface area contributed by atoms with Crippen LogP contribution in [0.1, 0.15) is 44.1 Å². The second kappa shape index (κ2) is 7.35. The number of hydrogen-bond acceptors (Lipinski definition) is 1. The van der Waals surface area contributed by atoms with Crippen LogP contribution in [0.25, 0.3) is 0 Å². The first kappa shape index (κ1) is 11.7. The Morgan fingerprint density at radius 1 is 1.33 bits per heavy atom. The van der Waals surface area contributed by atoms with Gasteiger partial charge in [-0.05, 0) is 36.8 Å². The zero-order valence-electron chi connectivity index (χ0n) is 8.68. The normalized spacial score (nSPS) is 9.00. The van der Waals surface area contributed by atoms with Gasteiger partial charge in [-0.1, -0.05) is 27.2 Å². The third-order valence-corrected chi connectivity index (χ3v) is 2.81. The van der Waals surface area contributed by atoms with Gasteiger partial charge in [-0.25, -0.2) is 0 Å². The molecule has 0 radical (unpaired) electrons. The molecule has 0 bridgehead atoms. The van der Waals surface area contributed by atoms with E-state index in [1.165, 1.54) is 24.8 Å². The van der Waals surface area contributed by atoms with Crippen LogP contribution in [0.4, 0.5) is 0 Å². The fourth-order valence-corrected chi connectivity index (χ4v) is 1.95. The van der Waals surface area contributed by atoms with Crippen molar-refractivity contribution in [2.45, 2.75) is 47.0 Å². The van der Waals surface area contributed by atoms with Crippen LogP contribution in [0.2, 0.25) is 0 Å². The molecule has 0 unspecified atom stereocenters. The molecule has 0 nitrogen and oxygen atoms in total. The zero-order chi connectivity index (χ0) is 9.40. The Bertz CT molecular complexity index is 189. The lowest BCUT2D eigenvalue weighted by atomic mass is 10.2. The summed E-state index contributed by atoms with van der Waals surface area (Å²) in [4.78, 5) is 1.57. The minimum atomic E-state index is 1.28. The number of unbranched alkanes of at least 4 members (excludes halogenated alkanes) is 1. The third-order valence-electron chi connectivity index (χ3n) is 1.73. The van der Waals surface area contributed by atoms with Gasteiger partial charge in [-0.2, -0.15) is 0 Å². The molecule has 1 heterocycles. The van der Waals surface area contributed by atoms with Crippen LogP contribution in [0.15, 0.2) is 11.4 Å². The van der Waals surface area contributed by atoms with Crippen LogP contribution in [0.3, 0.4) is 0 Å². The van der Waals surface area contributed by atoms with E-state index in [9.17, 15) is 0 Å². The topological polar surface area (TPSA) is 0 Å². The number of hydrogen-bond donors (Lipinski definition) is 0. The maximum atomic E-state index is 2.24. The molecule has 0 amide bonds. The Morgan fingerprint density at radius 3 is 2.42 bits per heavy atom. The molecule has 1 aromatic heterocycles. The van der Waals surface area contributed by atoms with Gasteiger partial charge in [-0.3, -0.25) is 0 Å². The Balaban J connectivity index is 0.000000561. The van der Waals surface area contributed by atoms with Crippen LogP contribution in [-0.4, -0.2) is 0 Å². The van der Waals surface area contributed by atoms with E-state index < -0.39 is 0 Å². The van der Waals surface area contributed by atoms with E-state index in [0.717, 1.165) is 0 Å². The molecular weight excluding hydrogens is 164 g/mol. The molecule has 70 valence electrons. The summed E-state index contributed by atoms with van der Waals surface area (Å²) in [5, 5.41) is 2.18. The zero-order valence-corrected chi connectivity index (χ0v) is 9.50. The van der Waals surface area contributed by atoms with Gasteiger partial charge in [0, 0.05) is 4.88 Å². The van der Waals surface area contributed by atoms with Crippen molar-refractivity contribution >= 4 is 11.3 Å². The quantitative estimate of drug-likeness (QED) is 0.652. The monoisotopic (exact) mass is 184 g/mol. The molecular formula is C11H20S. The molecule has 0 spiro atoms. The molecule has 1 rings (SSSR count). The van der Waals surface area contributed by atoms with Crippen molar-refractivity contribution in [2.75, 3.05) is 0 Å². The van der Waals surface area contributed by atoms with Gasteiger partial charge in [-0.15, -0.1) is 11.3 Å². The van der Waals surface area contributed by atoms with Crippen LogP contribution in [-0.2, 0) is 6.42 Å². The Hall–Kier alpha value is -0.300. The Morgan fingerprint density at radius 2 is 2.00 bits per heavy atom. The third kappa shape index (κ3) is 3.91. The summed E-state index contributed by atoms with van der Waals surface area (Å²) in [6.45, 7) is 8.43. The highest BCUT2D eigenvalue weighted by atomic mass is 32.1. The lowest BCUT2D eigenvalue weighted by Gasteiger charge is -1.95. The number of aryl methyl sites for hydroxylation is 2. The summed E-state index contributed by atoms with van der Waals surface area (Å²) in [6, 6.07) is 2.20. The Kier molecular flexibility index (Phi) is 7.17. The van der Waals surface area contributed by atoms with Crippen molar-refractivity contribution in [2.24, 2.45) is 0 Å². The minimum Gasteiger partial charge on any atom is -0.149 e. The average Bonchev–Trinajstić information content (AvgIpc) is 2.51. The standard InChI is InChI=1S/C9H14S.C2H6/c1-3-4-5-9-8(2)6-7-10-9;1-2/h6-7H,3-5H2,1-2H3;1-2H3. The van der Waals surface area contributed by atoms with Gasteiger partial charge in [0.2, 0.25) is 0 Å². The molecule has 0 fully saturated rings. The van der Waals surface area contributed by atoms with E-state index in [1.54, 1.807) is 4.88 Å². The van der Waals surface area contributed by atoms with Crippen molar-refractivity contribution in [3.63, 3.8) is 0 Å². The predicted molar refractivity (Wildman–Crippen MR) is 59.0 cm³/mol. The molecule has 0 aliphatic carbocycles. The van der Waals surface area contributed by atoms with Crippen LogP contribution < -0.4 is 0 Å². The first-order valence-electron chi connectivity index (χ1n) is 4.87. The molecule has 12 heavy (non-hydrogen) atoms. The van der Waals surface area contributed by atoms with E-state index in [-0.39, 0.29) is 0 Å². The maximum Gasteiger partial charge on any atom is 0.00743 e. The highest BCUT2D eigenvalue weighted by molar-refractivity contribution is 7.10. The summed E-state index contributed by atoms with van der Waals surface area (Å²) < 4.78 is 0. The number of rotatable bonds is 3. The maximum absolute atomic E-state index is 2.24. The molecule has 1 aromatic rings. The lowest BCUT2D eigenvalue weighted by molar-refractivity contribution is 0.801. The van der Waals surface area contributed by atoms with Crippen LogP contribution in [0.5, 0.6) is 0 Å². The second-order valence-electron chi connectivity index (χ2n) is 2.63. The predicted octanol–water partition coefficient (Wildman–Crippen LogP) is 4.43. The van der Waals surface area contributed by atoms with E-state index in [2.05, 4.69) is 25.3 Å². The van der Waals surface area contributed by atoms with Gasteiger partial charge < -0.3 is 0 Å². The average molecular weight is 184 g/mol. The molecule has 0 atom stereocenters. The van der Waals surface area contributed by atoms with E-state index in [1.807, 2.05) is 25.2 Å². The molecule has 0 aliphatic rings. The van der Waals surface area contributed by atoms with Crippen molar-refractivity contribution < 1.29 is 0 Å². The fraction of sp³-hybridized carbons (Fsp3) is 0.636. The molecule has 0 aromatic carbocycles. The minimum absolute atomic E-state index is 1.28. The van der Waals surface area contributed by atoms with Gasteiger partial charge in [0.1, 0.15) is 0 Å². The van der Waals surface area contributed by atoms with E-state index in [4.69, 9.17) is 0 Å². The summed E-state index contributed by atoms with van der Waals surface area (Å²) in [5.41, 5.74) is 1.47. The molecule has 0 N–H and O–H groups in total. The smallest absolute Gasteiger partial charge is 0.00743 e. The summed E-state index contributed by atoms with van der Waals surface area (Å²) in [7, 11) is 0. The van der Waals surface area contributed by atoms with Gasteiger partial charge in [0.05, 0.1) is 0 Å². The SMILES string of the molecule is CC.CCCCc1sccc1C. The van der Waals surface area contributed by atoms with Crippen LogP contribution >= 0.6 is 11.3 Å². The van der Waals surface area contributed by atoms with Gasteiger partial charge in [0.15, 0.2) is 0 Å². The first-order valence-corrected chi connectivity index (χ1v) is 5.75. The molecule has 0 saturated heterocycles. The largest absolute Gasteiger partial charge is 0.149 e. The lowest BCUT2D eigenvalue weighted by Crippen LogP contribution is -1.80. The van der Waals surface area contributed by atoms with E-state index >= 15 is 0 Å². The van der Waals surface area contributed by atoms with Crippen molar-refractivity contribution in [1.29, 1.82) is 0 Å². The van der Waals surface area contributed by atoms with E-state index in [0.29, 0.717) is 0 Å². The first-order chi connectivity index (χ1) is 5.84. The van der Waals surface area contributed by atoms with Gasteiger partial charge in [0.25, 0.3) is 0 Å². The van der Waals surface area contributed by atoms with Crippen LogP contribution in [0, 0.1) is 6.92 Å². The van der Waals surface area contributed by atoms with Crippen molar-refractivity contribution in [1.82, 2.24) is 0 Å². The summed E-state index contributed by atoms with van der Waals surface area (Å²) in [5.74, 6) is 0. The fourth-order valence-electron chi connectivity index (χ4n) is 0.998. The highest BCUT2D eigenvalue weighted by Gasteiger charge is 1.96. The molecule has 1 heteroatoms. The summed E-state index contributed by atoms with van der Waals surface area (Å²) >= 11 is 1.89. The van der Waals surface area contributed by atoms with Crippen molar-refractivity contribution in [3.05, 3.63) is 21.9 Å². The molecule has 0 aliphatic heterocycles. The highest BCUT2D eigenvalue weighted by Crippen LogP contribution is 2.17. The number of thiophene rings is 1. The second-order valence-corrected chi connectivity index (χ2v) is 3.63.